The summed E-state index contributed by atoms with van der Waals surface area (Å²) in [5.74, 6) is -0.308. The summed E-state index contributed by atoms with van der Waals surface area (Å²) in [7, 11) is 1.56. The van der Waals surface area contributed by atoms with E-state index in [-0.39, 0.29) is 13.0 Å². The van der Waals surface area contributed by atoms with E-state index in [1.807, 2.05) is 0 Å². The first kappa shape index (κ1) is 14.0. The van der Waals surface area contributed by atoms with E-state index in [0.717, 1.165) is 0 Å². The smallest absolute Gasteiger partial charge is 0.309 e. The van der Waals surface area contributed by atoms with E-state index in [4.69, 9.17) is 9.84 Å². The van der Waals surface area contributed by atoms with Gasteiger partial charge in [0.05, 0.1) is 31.9 Å². The van der Waals surface area contributed by atoms with E-state index >= 15 is 0 Å². The number of aliphatic hydroxyl groups is 1. The maximum atomic E-state index is 10.6. The highest BCUT2D eigenvalue weighted by atomic mass is 16.5. The number of rotatable bonds is 6. The maximum Gasteiger partial charge on any atom is 0.309 e. The molecule has 1 aromatic carbocycles. The van der Waals surface area contributed by atoms with Crippen LogP contribution in [0, 0.1) is 0 Å². The second-order valence-corrected chi connectivity index (χ2v) is 4.29. The van der Waals surface area contributed by atoms with Crippen LogP contribution in [0.4, 0.5) is 0 Å². The van der Waals surface area contributed by atoms with Crippen molar-refractivity contribution in [1.82, 2.24) is 15.0 Å². The Morgan fingerprint density at radius 1 is 1.50 bits per heavy atom. The lowest BCUT2D eigenvalue weighted by atomic mass is 10.1. The third kappa shape index (κ3) is 3.55. The minimum Gasteiger partial charge on any atom is -0.497 e. The van der Waals surface area contributed by atoms with E-state index in [1.165, 1.54) is 10.9 Å². The predicted octanol–water partition coefficient (Wildman–Crippen LogP) is 0.647. The Labute approximate surface area is 115 Å². The van der Waals surface area contributed by atoms with Crippen molar-refractivity contribution in [1.29, 1.82) is 0 Å². The lowest BCUT2D eigenvalue weighted by Gasteiger charge is -2.11. The van der Waals surface area contributed by atoms with Crippen molar-refractivity contribution in [3.63, 3.8) is 0 Å². The number of aliphatic hydroxyl groups excluding tert-OH is 1. The molecule has 1 heterocycles. The summed E-state index contributed by atoms with van der Waals surface area (Å²) in [5.41, 5.74) is 1.05. The van der Waals surface area contributed by atoms with Gasteiger partial charge >= 0.3 is 5.97 Å². The summed E-state index contributed by atoms with van der Waals surface area (Å²) in [4.78, 5) is 10.6. The zero-order valence-electron chi connectivity index (χ0n) is 10.9. The van der Waals surface area contributed by atoms with E-state index in [0.29, 0.717) is 17.0 Å². The average Bonchev–Trinajstić information content (AvgIpc) is 2.85. The zero-order valence-corrected chi connectivity index (χ0v) is 10.9. The summed E-state index contributed by atoms with van der Waals surface area (Å²) in [5, 5.41) is 26.3. The van der Waals surface area contributed by atoms with Crippen molar-refractivity contribution in [2.24, 2.45) is 0 Å². The van der Waals surface area contributed by atoms with Crippen LogP contribution in [-0.4, -0.2) is 38.3 Å². The largest absolute Gasteiger partial charge is 0.497 e. The van der Waals surface area contributed by atoms with Crippen LogP contribution in [0.15, 0.2) is 30.5 Å². The molecule has 0 radical (unpaired) electrons. The van der Waals surface area contributed by atoms with Crippen molar-refractivity contribution in [2.75, 3.05) is 7.11 Å². The summed E-state index contributed by atoms with van der Waals surface area (Å²) >= 11 is 0. The second-order valence-electron chi connectivity index (χ2n) is 4.29. The number of hydrogen-bond acceptors (Lipinski definition) is 5. The number of carbonyl (C=O) groups is 1. The first-order valence-corrected chi connectivity index (χ1v) is 6.01. The van der Waals surface area contributed by atoms with Crippen LogP contribution in [0.2, 0.25) is 0 Å². The number of nitrogens with zero attached hydrogens (tertiary/aromatic N) is 3. The number of aliphatic carboxylic acids is 1. The van der Waals surface area contributed by atoms with Gasteiger partial charge in [-0.2, -0.15) is 0 Å². The molecule has 0 spiro atoms. The number of carboxylic acids is 1. The monoisotopic (exact) mass is 277 g/mol. The molecule has 106 valence electrons. The highest BCUT2D eigenvalue weighted by Gasteiger charge is 2.12. The summed E-state index contributed by atoms with van der Waals surface area (Å²) in [6, 6.07) is 7.09. The molecule has 1 aromatic heterocycles. The molecule has 2 aromatic rings. The molecule has 20 heavy (non-hydrogen) atoms. The van der Waals surface area contributed by atoms with Gasteiger partial charge in [-0.15, -0.1) is 5.10 Å². The Bertz CT molecular complexity index is 597. The van der Waals surface area contributed by atoms with Gasteiger partial charge in [-0.1, -0.05) is 17.3 Å². The molecular weight excluding hydrogens is 262 g/mol. The fourth-order valence-electron chi connectivity index (χ4n) is 1.80. The number of hydrogen-bond donors (Lipinski definition) is 2. The van der Waals surface area contributed by atoms with E-state index < -0.39 is 12.1 Å². The molecule has 0 aliphatic heterocycles. The molecule has 0 aliphatic carbocycles. The normalized spacial score (nSPS) is 12.1. The Kier molecular flexibility index (Phi) is 4.31. The third-order valence-corrected chi connectivity index (χ3v) is 2.76. The topological polar surface area (TPSA) is 97.5 Å². The quantitative estimate of drug-likeness (QED) is 0.804. The van der Waals surface area contributed by atoms with Crippen LogP contribution in [0.3, 0.4) is 0 Å². The number of ether oxygens (including phenoxy) is 1. The SMILES string of the molecule is COc1cccc(C(O)Cn2cc(CC(=O)O)nn2)c1. The summed E-state index contributed by atoms with van der Waals surface area (Å²) in [6.45, 7) is 0.194. The van der Waals surface area contributed by atoms with Crippen LogP contribution in [0.1, 0.15) is 17.4 Å². The van der Waals surface area contributed by atoms with Gasteiger partial charge in [0.1, 0.15) is 5.75 Å². The number of methoxy groups -OCH3 is 1. The van der Waals surface area contributed by atoms with Gasteiger partial charge < -0.3 is 14.9 Å². The van der Waals surface area contributed by atoms with E-state index in [1.54, 1.807) is 31.4 Å². The molecule has 2 rings (SSSR count). The van der Waals surface area contributed by atoms with Gasteiger partial charge in [0, 0.05) is 6.20 Å². The lowest BCUT2D eigenvalue weighted by Crippen LogP contribution is -2.09. The Balaban J connectivity index is 2.04. The maximum absolute atomic E-state index is 10.6. The Morgan fingerprint density at radius 3 is 3.00 bits per heavy atom. The van der Waals surface area contributed by atoms with Crippen molar-refractivity contribution >= 4 is 5.97 Å². The van der Waals surface area contributed by atoms with Crippen molar-refractivity contribution in [3.05, 3.63) is 41.7 Å². The van der Waals surface area contributed by atoms with Crippen LogP contribution in [0.5, 0.6) is 5.75 Å². The summed E-state index contributed by atoms with van der Waals surface area (Å²) in [6.07, 6.45) is 0.553. The van der Waals surface area contributed by atoms with Gasteiger partial charge in [-0.05, 0) is 17.7 Å². The van der Waals surface area contributed by atoms with Crippen molar-refractivity contribution in [3.8, 4) is 5.75 Å². The van der Waals surface area contributed by atoms with E-state index in [2.05, 4.69) is 10.3 Å². The average molecular weight is 277 g/mol. The number of benzene rings is 1. The molecule has 1 atom stereocenters. The Morgan fingerprint density at radius 2 is 2.30 bits per heavy atom. The molecule has 0 saturated carbocycles. The van der Waals surface area contributed by atoms with Crippen LogP contribution in [0.25, 0.3) is 0 Å². The van der Waals surface area contributed by atoms with E-state index in [9.17, 15) is 9.90 Å². The fourth-order valence-corrected chi connectivity index (χ4v) is 1.80. The molecule has 0 aliphatic rings. The lowest BCUT2D eigenvalue weighted by molar-refractivity contribution is -0.136. The van der Waals surface area contributed by atoms with Crippen molar-refractivity contribution in [2.45, 2.75) is 19.1 Å². The predicted molar refractivity (Wildman–Crippen MR) is 69.3 cm³/mol. The molecular formula is C13H15N3O4. The molecule has 0 amide bonds. The highest BCUT2D eigenvalue weighted by Crippen LogP contribution is 2.20. The number of carboxylic acid groups (broad SMARTS) is 1. The molecule has 7 heteroatoms. The molecule has 1 unspecified atom stereocenters. The van der Waals surface area contributed by atoms with Gasteiger partial charge in [0.2, 0.25) is 0 Å². The van der Waals surface area contributed by atoms with Crippen molar-refractivity contribution < 1.29 is 19.7 Å². The third-order valence-electron chi connectivity index (χ3n) is 2.76. The van der Waals surface area contributed by atoms with Crippen LogP contribution < -0.4 is 4.74 Å². The molecule has 0 bridgehead atoms. The zero-order chi connectivity index (χ0) is 14.5. The van der Waals surface area contributed by atoms with Gasteiger partial charge in [0.15, 0.2) is 0 Å². The first-order valence-electron chi connectivity index (χ1n) is 6.01. The highest BCUT2D eigenvalue weighted by molar-refractivity contribution is 5.69. The fraction of sp³-hybridized carbons (Fsp3) is 0.308. The van der Waals surface area contributed by atoms with Gasteiger partial charge in [0.25, 0.3) is 0 Å². The molecule has 7 nitrogen and oxygen atoms in total. The minimum atomic E-state index is -0.967. The van der Waals surface area contributed by atoms with Crippen LogP contribution in [-0.2, 0) is 17.8 Å². The standard InChI is InChI=1S/C13H15N3O4/c1-20-11-4-2-3-9(5-11)12(17)8-16-7-10(14-15-16)6-13(18)19/h2-5,7,12,17H,6,8H2,1H3,(H,18,19). The minimum absolute atomic E-state index is 0.185. The molecule has 0 saturated heterocycles. The van der Waals surface area contributed by atoms with Crippen LogP contribution >= 0.6 is 0 Å². The second kappa shape index (κ2) is 6.16. The number of aromatic nitrogens is 3. The molecule has 0 fully saturated rings. The summed E-state index contributed by atoms with van der Waals surface area (Å²) < 4.78 is 6.51. The first-order chi connectivity index (χ1) is 9.58. The van der Waals surface area contributed by atoms with Gasteiger partial charge in [-0.25, -0.2) is 4.68 Å². The molecule has 2 N–H and O–H groups in total. The Hall–Kier alpha value is -2.41. The van der Waals surface area contributed by atoms with Gasteiger partial charge in [-0.3, -0.25) is 4.79 Å².